The van der Waals surface area contributed by atoms with Crippen molar-refractivity contribution in [1.29, 1.82) is 0 Å². The molecule has 1 fully saturated rings. The molecule has 7 heteroatoms. The average Bonchev–Trinajstić information content (AvgIpc) is 3.38. The molecule has 32 heavy (non-hydrogen) atoms. The molecule has 4 heterocycles. The summed E-state index contributed by atoms with van der Waals surface area (Å²) < 4.78 is 0. The number of aromatic nitrogens is 3. The third-order valence-electron chi connectivity index (χ3n) is 5.87. The minimum absolute atomic E-state index is 0. The third-order valence-corrected chi connectivity index (χ3v) is 6.70. The first-order valence-electron chi connectivity index (χ1n) is 10.8. The number of nitrogens with zero attached hydrogens (tertiary/aromatic N) is 5. The van der Waals surface area contributed by atoms with Crippen molar-refractivity contribution in [3.05, 3.63) is 72.1 Å². The Morgan fingerprint density at radius 1 is 1.03 bits per heavy atom. The summed E-state index contributed by atoms with van der Waals surface area (Å²) in [5, 5.41) is 5.78. The van der Waals surface area contributed by atoms with Crippen LogP contribution in [0.25, 0.3) is 26.9 Å². The van der Waals surface area contributed by atoms with Gasteiger partial charge in [0.15, 0.2) is 0 Å². The van der Waals surface area contributed by atoms with Gasteiger partial charge in [-0.25, -0.2) is 9.97 Å². The summed E-state index contributed by atoms with van der Waals surface area (Å²) in [5.41, 5.74) is 5.17. The van der Waals surface area contributed by atoms with Crippen molar-refractivity contribution >= 4 is 39.4 Å². The van der Waals surface area contributed by atoms with Gasteiger partial charge >= 0.3 is 0 Å². The van der Waals surface area contributed by atoms with Crippen molar-refractivity contribution in [3.63, 3.8) is 0 Å². The van der Waals surface area contributed by atoms with Gasteiger partial charge in [0, 0.05) is 62.8 Å². The van der Waals surface area contributed by atoms with Gasteiger partial charge in [0.2, 0.25) is 0 Å². The van der Waals surface area contributed by atoms with E-state index in [0.717, 1.165) is 59.8 Å². The van der Waals surface area contributed by atoms with E-state index in [4.69, 9.17) is 0 Å². The van der Waals surface area contributed by atoms with Crippen LogP contribution >= 0.6 is 11.3 Å². The van der Waals surface area contributed by atoms with E-state index in [9.17, 15) is 0 Å². The molecule has 0 bridgehead atoms. The minimum Gasteiger partial charge on any atom is -0.354 e. The molecule has 0 saturated carbocycles. The zero-order valence-corrected chi connectivity index (χ0v) is 19.1. The van der Waals surface area contributed by atoms with E-state index in [1.807, 2.05) is 37.1 Å². The lowest BCUT2D eigenvalue weighted by molar-refractivity contribution is 0.312. The molecule has 3 aromatic heterocycles. The Morgan fingerprint density at radius 2 is 1.91 bits per heavy atom. The van der Waals surface area contributed by atoms with Crippen LogP contribution < -0.4 is 10.2 Å². The molecular formula is C25H28N6S. The maximum Gasteiger partial charge on any atom is 0.130 e. The van der Waals surface area contributed by atoms with E-state index in [-0.39, 0.29) is 1.43 Å². The molecule has 0 radical (unpaired) electrons. The number of hydrogen-bond donors (Lipinski definition) is 1. The number of anilines is 2. The van der Waals surface area contributed by atoms with Gasteiger partial charge in [0.25, 0.3) is 0 Å². The quantitative estimate of drug-likeness (QED) is 0.455. The lowest BCUT2D eigenvalue weighted by Gasteiger charge is -2.33. The summed E-state index contributed by atoms with van der Waals surface area (Å²) >= 11 is 1.65. The molecule has 0 spiro atoms. The molecule has 1 saturated heterocycles. The summed E-state index contributed by atoms with van der Waals surface area (Å²) in [7, 11) is 2.17. The summed E-state index contributed by atoms with van der Waals surface area (Å²) in [6.45, 7) is 6.16. The highest BCUT2D eigenvalue weighted by Crippen LogP contribution is 2.29. The minimum atomic E-state index is 0. The first-order valence-corrected chi connectivity index (χ1v) is 11.7. The highest BCUT2D eigenvalue weighted by molar-refractivity contribution is 7.13. The number of piperazine rings is 1. The van der Waals surface area contributed by atoms with Crippen molar-refractivity contribution < 1.29 is 1.43 Å². The third kappa shape index (κ3) is 4.35. The molecule has 0 unspecified atom stereocenters. The van der Waals surface area contributed by atoms with Gasteiger partial charge in [-0.3, -0.25) is 4.98 Å². The zero-order chi connectivity index (χ0) is 21.9. The summed E-state index contributed by atoms with van der Waals surface area (Å²) in [6, 6.07) is 12.7. The van der Waals surface area contributed by atoms with Gasteiger partial charge < -0.3 is 15.1 Å². The highest BCUT2D eigenvalue weighted by Gasteiger charge is 2.16. The predicted octanol–water partition coefficient (Wildman–Crippen LogP) is 5.22. The van der Waals surface area contributed by atoms with E-state index in [1.165, 1.54) is 10.4 Å². The Bertz CT molecular complexity index is 1250. The van der Waals surface area contributed by atoms with Gasteiger partial charge in [0.1, 0.15) is 11.6 Å². The van der Waals surface area contributed by atoms with Crippen molar-refractivity contribution in [2.75, 3.05) is 43.4 Å². The molecular weight excluding hydrogens is 416 g/mol. The van der Waals surface area contributed by atoms with Crippen LogP contribution in [-0.4, -0.2) is 53.1 Å². The largest absolute Gasteiger partial charge is 0.354 e. The van der Waals surface area contributed by atoms with Gasteiger partial charge in [-0.05, 0) is 49.2 Å². The molecule has 1 aliphatic heterocycles. The first kappa shape index (κ1) is 20.6. The maximum atomic E-state index is 4.64. The van der Waals surface area contributed by atoms with Crippen molar-refractivity contribution in [3.8, 4) is 10.4 Å². The number of pyridine rings is 2. The molecule has 1 N–H and O–H groups in total. The van der Waals surface area contributed by atoms with Crippen LogP contribution in [0.3, 0.4) is 0 Å². The summed E-state index contributed by atoms with van der Waals surface area (Å²) in [6.07, 6.45) is 7.81. The molecule has 0 aliphatic carbocycles. The summed E-state index contributed by atoms with van der Waals surface area (Å²) in [4.78, 5) is 19.3. The molecule has 0 atom stereocenters. The Kier molecular flexibility index (Phi) is 5.83. The number of allylic oxidation sites excluding steroid dienone is 1. The topological polar surface area (TPSA) is 57.2 Å². The van der Waals surface area contributed by atoms with Gasteiger partial charge in [-0.15, -0.1) is 11.3 Å². The van der Waals surface area contributed by atoms with Crippen LogP contribution in [0.5, 0.6) is 0 Å². The van der Waals surface area contributed by atoms with Crippen LogP contribution in [0.2, 0.25) is 0 Å². The normalized spacial score (nSPS) is 15.3. The van der Waals surface area contributed by atoms with Crippen LogP contribution in [0.1, 0.15) is 13.9 Å². The SMILES string of the molecule is C/C=C(\Nc1cc2cc(-c3cncs3)ccc2cn1)c1ccnc(N2CCN(C)CC2)c1.[HH]. The van der Waals surface area contributed by atoms with E-state index in [2.05, 4.69) is 73.5 Å². The van der Waals surface area contributed by atoms with Gasteiger partial charge in [-0.2, -0.15) is 0 Å². The Hall–Kier alpha value is -3.29. The van der Waals surface area contributed by atoms with E-state index < -0.39 is 0 Å². The second-order valence-electron chi connectivity index (χ2n) is 8.02. The Morgan fingerprint density at radius 3 is 2.69 bits per heavy atom. The second-order valence-corrected chi connectivity index (χ2v) is 8.90. The first-order chi connectivity index (χ1) is 15.7. The molecule has 164 valence electrons. The van der Waals surface area contributed by atoms with Crippen LogP contribution in [0.4, 0.5) is 11.6 Å². The monoisotopic (exact) mass is 444 g/mol. The molecule has 1 aromatic carbocycles. The number of likely N-dealkylation sites (N-methyl/N-ethyl adjacent to an activating group) is 1. The Labute approximate surface area is 193 Å². The van der Waals surface area contributed by atoms with E-state index >= 15 is 0 Å². The maximum absolute atomic E-state index is 4.64. The lowest BCUT2D eigenvalue weighted by atomic mass is 10.1. The van der Waals surface area contributed by atoms with Crippen LogP contribution in [0.15, 0.2) is 66.6 Å². The molecule has 4 aromatic rings. The fourth-order valence-corrected chi connectivity index (χ4v) is 4.58. The fourth-order valence-electron chi connectivity index (χ4n) is 3.96. The number of rotatable bonds is 5. The fraction of sp³-hybridized carbons (Fsp3) is 0.240. The van der Waals surface area contributed by atoms with Crippen molar-refractivity contribution in [1.82, 2.24) is 19.9 Å². The van der Waals surface area contributed by atoms with Crippen LogP contribution in [-0.2, 0) is 0 Å². The van der Waals surface area contributed by atoms with Gasteiger partial charge in [0.05, 0.1) is 10.4 Å². The van der Waals surface area contributed by atoms with E-state index in [1.54, 1.807) is 11.3 Å². The van der Waals surface area contributed by atoms with Crippen molar-refractivity contribution in [2.45, 2.75) is 6.92 Å². The molecule has 0 amide bonds. The zero-order valence-electron chi connectivity index (χ0n) is 18.3. The van der Waals surface area contributed by atoms with E-state index in [0.29, 0.717) is 0 Å². The number of benzene rings is 1. The van der Waals surface area contributed by atoms with Gasteiger partial charge in [-0.1, -0.05) is 18.2 Å². The average molecular weight is 445 g/mol. The van der Waals surface area contributed by atoms with Crippen LogP contribution in [0, 0.1) is 0 Å². The number of thiazole rings is 1. The number of nitrogens with one attached hydrogen (secondary N) is 1. The number of hydrogen-bond acceptors (Lipinski definition) is 7. The number of fused-ring (bicyclic) bond motifs is 1. The smallest absolute Gasteiger partial charge is 0.130 e. The highest BCUT2D eigenvalue weighted by atomic mass is 32.1. The standard InChI is InChI=1S/C25H26N6S.H2/c1-3-22(18-6-7-27-25(14-18)31-10-8-30(2)9-11-31)29-24-13-21-12-19(23-16-26-17-32-23)4-5-20(21)15-28-24;/h3-7,12-17H,8-11H2,1-2H3,(H,28,29);1H/b22-3-;. The molecule has 5 rings (SSSR count). The van der Waals surface area contributed by atoms with Crippen molar-refractivity contribution in [2.24, 2.45) is 0 Å². The molecule has 6 nitrogen and oxygen atoms in total. The predicted molar refractivity (Wildman–Crippen MR) is 136 cm³/mol. The summed E-state index contributed by atoms with van der Waals surface area (Å²) in [5.74, 6) is 1.85. The lowest BCUT2D eigenvalue weighted by Crippen LogP contribution is -2.44. The Balaban J connectivity index is 0.00000259. The molecule has 1 aliphatic rings. The second kappa shape index (κ2) is 9.06.